The molecular weight excluding hydrogens is 474 g/mol. The summed E-state index contributed by atoms with van der Waals surface area (Å²) < 4.78 is 43.8. The standard InChI is InChI=1S/C26H32F2N2O6/c1-17-21(34-3)12-20(13-22(17)35-4)18(2)30(10-11-36-14-19-8-6-5-7-9-19)24(33)29-25(23(31)32)15-26(27,28)16-25/h5-9,12-13,18H,10-11,14-16H2,1-4H3,(H,29,33)(H,31,32)/t18-/m1/s1. The summed E-state index contributed by atoms with van der Waals surface area (Å²) in [4.78, 5) is 26.5. The monoisotopic (exact) mass is 506 g/mol. The van der Waals surface area contributed by atoms with E-state index >= 15 is 0 Å². The van der Waals surface area contributed by atoms with E-state index in [1.807, 2.05) is 37.3 Å². The van der Waals surface area contributed by atoms with Crippen LogP contribution in [0.4, 0.5) is 13.6 Å². The first-order valence-electron chi connectivity index (χ1n) is 11.6. The van der Waals surface area contributed by atoms with Crippen molar-refractivity contribution in [2.24, 2.45) is 0 Å². The van der Waals surface area contributed by atoms with Crippen LogP contribution in [0, 0.1) is 6.92 Å². The minimum atomic E-state index is -3.14. The number of carbonyl (C=O) groups is 2. The second-order valence-electron chi connectivity index (χ2n) is 8.98. The maximum absolute atomic E-state index is 13.6. The van der Waals surface area contributed by atoms with Gasteiger partial charge in [-0.15, -0.1) is 0 Å². The fraction of sp³-hybridized carbons (Fsp3) is 0.462. The minimum Gasteiger partial charge on any atom is -0.496 e. The topological polar surface area (TPSA) is 97.3 Å². The Morgan fingerprint density at radius 3 is 2.19 bits per heavy atom. The fourth-order valence-electron chi connectivity index (χ4n) is 4.33. The zero-order valence-corrected chi connectivity index (χ0v) is 20.8. The largest absolute Gasteiger partial charge is 0.496 e. The van der Waals surface area contributed by atoms with E-state index < -0.39 is 42.3 Å². The van der Waals surface area contributed by atoms with Crippen molar-refractivity contribution < 1.29 is 37.7 Å². The molecule has 1 saturated carbocycles. The number of hydrogen-bond donors (Lipinski definition) is 2. The number of alkyl halides is 2. The van der Waals surface area contributed by atoms with E-state index in [4.69, 9.17) is 14.2 Å². The molecular formula is C26H32F2N2O6. The van der Waals surface area contributed by atoms with Crippen LogP contribution in [0.2, 0.25) is 0 Å². The number of urea groups is 1. The Balaban J connectivity index is 1.82. The highest BCUT2D eigenvalue weighted by Crippen LogP contribution is 2.46. The number of carboxylic acids is 1. The Hall–Kier alpha value is -3.40. The van der Waals surface area contributed by atoms with Gasteiger partial charge in [0.2, 0.25) is 0 Å². The minimum absolute atomic E-state index is 0.0877. The second kappa shape index (κ2) is 11.1. The molecule has 196 valence electrons. The summed E-state index contributed by atoms with van der Waals surface area (Å²) in [6.45, 7) is 4.14. The molecule has 0 heterocycles. The number of ether oxygens (including phenoxy) is 3. The van der Waals surface area contributed by atoms with E-state index in [-0.39, 0.29) is 13.2 Å². The van der Waals surface area contributed by atoms with Gasteiger partial charge in [0.25, 0.3) is 5.92 Å². The normalized spacial score (nSPS) is 16.4. The Morgan fingerprint density at radius 2 is 1.69 bits per heavy atom. The van der Waals surface area contributed by atoms with Crippen molar-refractivity contribution in [1.82, 2.24) is 10.2 Å². The van der Waals surface area contributed by atoms with Gasteiger partial charge < -0.3 is 29.5 Å². The van der Waals surface area contributed by atoms with Crippen molar-refractivity contribution in [3.05, 3.63) is 59.2 Å². The zero-order valence-electron chi connectivity index (χ0n) is 20.8. The van der Waals surface area contributed by atoms with Crippen molar-refractivity contribution in [1.29, 1.82) is 0 Å². The molecule has 2 aromatic carbocycles. The number of carboxylic acid groups (broad SMARTS) is 1. The van der Waals surface area contributed by atoms with Crippen LogP contribution in [0.3, 0.4) is 0 Å². The van der Waals surface area contributed by atoms with Crippen molar-refractivity contribution in [3.8, 4) is 11.5 Å². The quantitative estimate of drug-likeness (QED) is 0.434. The molecule has 10 heteroatoms. The molecule has 0 spiro atoms. The smallest absolute Gasteiger partial charge is 0.329 e. The fourth-order valence-corrected chi connectivity index (χ4v) is 4.33. The van der Waals surface area contributed by atoms with Gasteiger partial charge in [0.15, 0.2) is 5.54 Å². The SMILES string of the molecule is COc1cc([C@@H](C)N(CCOCc2ccccc2)C(=O)NC2(C(=O)O)CC(F)(F)C2)cc(OC)c1C. The molecule has 3 rings (SSSR count). The van der Waals surface area contributed by atoms with Crippen LogP contribution in [-0.4, -0.2) is 60.8 Å². The first-order valence-corrected chi connectivity index (χ1v) is 11.6. The maximum Gasteiger partial charge on any atom is 0.329 e. The molecule has 0 radical (unpaired) electrons. The Bertz CT molecular complexity index is 1050. The van der Waals surface area contributed by atoms with Crippen molar-refractivity contribution in [2.75, 3.05) is 27.4 Å². The second-order valence-corrected chi connectivity index (χ2v) is 8.98. The van der Waals surface area contributed by atoms with E-state index in [1.165, 1.54) is 19.1 Å². The van der Waals surface area contributed by atoms with Gasteiger partial charge in [-0.25, -0.2) is 18.4 Å². The molecule has 0 bridgehead atoms. The summed E-state index contributed by atoms with van der Waals surface area (Å²) in [5.41, 5.74) is 0.373. The molecule has 1 aliphatic carbocycles. The Labute approximate surface area is 209 Å². The molecule has 2 amide bonds. The van der Waals surface area contributed by atoms with E-state index in [0.29, 0.717) is 23.7 Å². The lowest BCUT2D eigenvalue weighted by atomic mass is 9.73. The average molecular weight is 507 g/mol. The number of nitrogens with one attached hydrogen (secondary N) is 1. The lowest BCUT2D eigenvalue weighted by Crippen LogP contribution is -2.68. The highest BCUT2D eigenvalue weighted by molar-refractivity contribution is 5.88. The highest BCUT2D eigenvalue weighted by Gasteiger charge is 2.62. The third-order valence-corrected chi connectivity index (χ3v) is 6.45. The summed E-state index contributed by atoms with van der Waals surface area (Å²) in [6.07, 6.45) is -1.92. The van der Waals surface area contributed by atoms with Crippen LogP contribution in [0.25, 0.3) is 0 Å². The number of halogens is 2. The molecule has 36 heavy (non-hydrogen) atoms. The molecule has 0 aromatic heterocycles. The molecule has 2 aromatic rings. The summed E-state index contributed by atoms with van der Waals surface area (Å²) >= 11 is 0. The Kier molecular flexibility index (Phi) is 8.39. The van der Waals surface area contributed by atoms with Gasteiger partial charge in [0.1, 0.15) is 11.5 Å². The molecule has 0 aliphatic heterocycles. The van der Waals surface area contributed by atoms with Crippen LogP contribution in [0.5, 0.6) is 11.5 Å². The number of benzene rings is 2. The number of hydrogen-bond acceptors (Lipinski definition) is 5. The first kappa shape index (κ1) is 27.2. The van der Waals surface area contributed by atoms with Gasteiger partial charge in [-0.1, -0.05) is 30.3 Å². The molecule has 1 aliphatic rings. The van der Waals surface area contributed by atoms with Gasteiger partial charge >= 0.3 is 12.0 Å². The van der Waals surface area contributed by atoms with Gasteiger partial charge in [-0.05, 0) is 37.1 Å². The van der Waals surface area contributed by atoms with Gasteiger partial charge in [-0.3, -0.25) is 0 Å². The highest BCUT2D eigenvalue weighted by atomic mass is 19.3. The predicted octanol–water partition coefficient (Wildman–Crippen LogP) is 4.55. The summed E-state index contributed by atoms with van der Waals surface area (Å²) in [7, 11) is 3.04. The molecule has 2 N–H and O–H groups in total. The number of amides is 2. The van der Waals surface area contributed by atoms with Crippen molar-refractivity contribution in [2.45, 2.75) is 50.8 Å². The molecule has 1 fully saturated rings. The Morgan fingerprint density at radius 1 is 1.11 bits per heavy atom. The lowest BCUT2D eigenvalue weighted by molar-refractivity contribution is -0.175. The van der Waals surface area contributed by atoms with Crippen LogP contribution >= 0.6 is 0 Å². The van der Waals surface area contributed by atoms with E-state index in [0.717, 1.165) is 11.1 Å². The average Bonchev–Trinajstić information content (AvgIpc) is 2.83. The number of carbonyl (C=O) groups excluding carboxylic acids is 1. The zero-order chi connectivity index (χ0) is 26.5. The summed E-state index contributed by atoms with van der Waals surface area (Å²) in [5.74, 6) is -3.53. The van der Waals surface area contributed by atoms with Crippen molar-refractivity contribution in [3.63, 3.8) is 0 Å². The molecule has 0 saturated heterocycles. The van der Waals surface area contributed by atoms with E-state index in [2.05, 4.69) is 5.32 Å². The van der Waals surface area contributed by atoms with Crippen LogP contribution in [0.15, 0.2) is 42.5 Å². The van der Waals surface area contributed by atoms with E-state index in [1.54, 1.807) is 19.1 Å². The first-order chi connectivity index (χ1) is 17.0. The maximum atomic E-state index is 13.6. The van der Waals surface area contributed by atoms with Gasteiger partial charge in [0.05, 0.1) is 33.5 Å². The summed E-state index contributed by atoms with van der Waals surface area (Å²) in [5, 5.41) is 11.9. The van der Waals surface area contributed by atoms with Crippen LogP contribution < -0.4 is 14.8 Å². The molecule has 8 nitrogen and oxygen atoms in total. The molecule has 0 unspecified atom stereocenters. The van der Waals surface area contributed by atoms with Gasteiger partial charge in [0, 0.05) is 24.9 Å². The lowest BCUT2D eigenvalue weighted by Gasteiger charge is -2.45. The van der Waals surface area contributed by atoms with Gasteiger partial charge in [-0.2, -0.15) is 0 Å². The third kappa shape index (κ3) is 6.04. The predicted molar refractivity (Wildman–Crippen MR) is 129 cm³/mol. The summed E-state index contributed by atoms with van der Waals surface area (Å²) in [6, 6.07) is 11.6. The molecule has 1 atom stereocenters. The number of methoxy groups -OCH3 is 2. The number of nitrogens with zero attached hydrogens (tertiary/aromatic N) is 1. The van der Waals surface area contributed by atoms with Crippen molar-refractivity contribution >= 4 is 12.0 Å². The number of aliphatic carboxylic acids is 1. The number of rotatable bonds is 11. The van der Waals surface area contributed by atoms with Crippen LogP contribution in [0.1, 0.15) is 42.5 Å². The third-order valence-electron chi connectivity index (χ3n) is 6.45. The van der Waals surface area contributed by atoms with E-state index in [9.17, 15) is 23.5 Å². The van der Waals surface area contributed by atoms with Crippen LogP contribution in [-0.2, 0) is 16.1 Å².